The second-order valence-corrected chi connectivity index (χ2v) is 9.44. The van der Waals surface area contributed by atoms with E-state index in [2.05, 4.69) is 20.3 Å². The normalized spacial score (nSPS) is 29.7. The van der Waals surface area contributed by atoms with Gasteiger partial charge in [0.05, 0.1) is 6.33 Å². The maximum Gasteiger partial charge on any atom is 0.488 e. The molecule has 1 unspecified atom stereocenters. The van der Waals surface area contributed by atoms with Gasteiger partial charge in [0.15, 0.2) is 29.2 Å². The van der Waals surface area contributed by atoms with E-state index < -0.39 is 38.5 Å². The standard InChI is InChI=1S/C17H24BClN6O6P/c18-32(27)28-7-10-12(31-32)13(30-17(26)21-6-4-2-1-3-5-20)16(29-10)25-9-24-11-14(19)22-8-23-15(11)25/h8-10,12-13,16,27H,1-7,20H2,(H,21,26)/q+1/t10-,12+,13+,16-,32?/m1/s1. The number of nitrogens with two attached hydrogens (primary N) is 1. The molecule has 32 heavy (non-hydrogen) atoms. The SMILES string of the molecule is [B][P+]1(O)OC[C@H]2O[C@@H](n3cnc4c(Cl)ncnc43)[C@@H](OC(=O)NCCCCCCN)[C@H]2O1. The van der Waals surface area contributed by atoms with Crippen molar-refractivity contribution in [3.63, 3.8) is 0 Å². The first-order valence-corrected chi connectivity index (χ1v) is 12.3. The Kier molecular flexibility index (Phi) is 7.45. The number of aromatic nitrogens is 4. The predicted octanol–water partition coefficient (Wildman–Crippen LogP) is 1.24. The quantitative estimate of drug-likeness (QED) is 0.215. The number of carbonyl (C=O) groups is 1. The molecule has 172 valence electrons. The number of hydrogen-bond acceptors (Lipinski definition) is 10. The lowest BCUT2D eigenvalue weighted by Gasteiger charge is -2.29. The van der Waals surface area contributed by atoms with Crippen LogP contribution >= 0.6 is 19.4 Å². The molecule has 0 saturated carbocycles. The maximum atomic E-state index is 12.5. The van der Waals surface area contributed by atoms with Crippen LogP contribution in [-0.4, -0.2) is 76.1 Å². The van der Waals surface area contributed by atoms with E-state index in [4.69, 9.17) is 43.4 Å². The van der Waals surface area contributed by atoms with Gasteiger partial charge in [-0.05, 0) is 19.4 Å². The Hall–Kier alpha value is -1.60. The van der Waals surface area contributed by atoms with Gasteiger partial charge in [-0.25, -0.2) is 24.6 Å². The zero-order chi connectivity index (χ0) is 22.7. The van der Waals surface area contributed by atoms with Crippen molar-refractivity contribution in [2.75, 3.05) is 19.7 Å². The second-order valence-electron chi connectivity index (χ2n) is 7.48. The van der Waals surface area contributed by atoms with E-state index in [-0.39, 0.29) is 11.8 Å². The molecule has 2 aliphatic rings. The molecule has 2 fully saturated rings. The fraction of sp³-hybridized carbons (Fsp3) is 0.647. The number of alkyl carbamates (subject to hydrolysis) is 1. The molecule has 2 aliphatic heterocycles. The Morgan fingerprint density at radius 3 is 3.00 bits per heavy atom. The topological polar surface area (TPSA) is 156 Å². The first-order valence-electron chi connectivity index (χ1n) is 10.3. The Balaban J connectivity index is 1.50. The van der Waals surface area contributed by atoms with E-state index in [1.165, 1.54) is 12.7 Å². The number of hydrogen-bond donors (Lipinski definition) is 3. The molecule has 0 aromatic carbocycles. The summed E-state index contributed by atoms with van der Waals surface area (Å²) < 4.78 is 24.0. The van der Waals surface area contributed by atoms with Crippen LogP contribution in [0.4, 0.5) is 4.79 Å². The lowest BCUT2D eigenvalue weighted by Crippen LogP contribution is -2.44. The fourth-order valence-electron chi connectivity index (χ4n) is 3.69. The van der Waals surface area contributed by atoms with Crippen LogP contribution in [0.5, 0.6) is 0 Å². The van der Waals surface area contributed by atoms with Gasteiger partial charge in [0.2, 0.25) is 0 Å². The van der Waals surface area contributed by atoms with Crippen molar-refractivity contribution >= 4 is 44.2 Å². The van der Waals surface area contributed by atoms with Crippen molar-refractivity contribution in [3.05, 3.63) is 17.8 Å². The van der Waals surface area contributed by atoms with Gasteiger partial charge in [-0.3, -0.25) is 4.57 Å². The lowest BCUT2D eigenvalue weighted by molar-refractivity contribution is -0.0606. The molecule has 0 aliphatic carbocycles. The van der Waals surface area contributed by atoms with Crippen LogP contribution in [0, 0.1) is 0 Å². The number of amides is 1. The van der Waals surface area contributed by atoms with Crippen molar-refractivity contribution < 1.29 is 28.2 Å². The predicted molar refractivity (Wildman–Crippen MR) is 116 cm³/mol. The number of imidazole rings is 1. The molecular formula is C17H24BClN6O6P+. The van der Waals surface area contributed by atoms with Crippen molar-refractivity contribution in [2.45, 2.75) is 50.2 Å². The number of rotatable bonds is 8. The molecule has 0 spiro atoms. The molecule has 2 aromatic rings. The third-order valence-electron chi connectivity index (χ3n) is 5.21. The van der Waals surface area contributed by atoms with Gasteiger partial charge in [-0.2, -0.15) is 9.05 Å². The number of halogens is 1. The van der Waals surface area contributed by atoms with Crippen molar-refractivity contribution in [2.24, 2.45) is 5.73 Å². The summed E-state index contributed by atoms with van der Waals surface area (Å²) in [5, 5.41) is 2.90. The van der Waals surface area contributed by atoms with Gasteiger partial charge in [0.1, 0.15) is 24.6 Å². The van der Waals surface area contributed by atoms with Gasteiger partial charge in [-0.15, -0.1) is 0 Å². The van der Waals surface area contributed by atoms with Gasteiger partial charge in [0, 0.05) is 6.54 Å². The molecule has 0 bridgehead atoms. The average molecular weight is 486 g/mol. The summed E-state index contributed by atoms with van der Waals surface area (Å²) in [5.41, 5.74) is 6.24. The molecule has 5 atom stereocenters. The van der Waals surface area contributed by atoms with Crippen LogP contribution in [0.25, 0.3) is 11.2 Å². The molecule has 4 heterocycles. The van der Waals surface area contributed by atoms with E-state index in [1.807, 2.05) is 0 Å². The Morgan fingerprint density at radius 1 is 1.38 bits per heavy atom. The monoisotopic (exact) mass is 485 g/mol. The zero-order valence-electron chi connectivity index (χ0n) is 17.2. The van der Waals surface area contributed by atoms with Crippen molar-refractivity contribution in [1.29, 1.82) is 0 Å². The van der Waals surface area contributed by atoms with Crippen LogP contribution in [-0.2, 0) is 18.5 Å². The summed E-state index contributed by atoms with van der Waals surface area (Å²) in [6.07, 6.45) is 2.51. The first kappa shape index (κ1) is 23.6. The summed E-state index contributed by atoms with van der Waals surface area (Å²) >= 11 is 6.10. The Labute approximate surface area is 191 Å². The Morgan fingerprint density at radius 2 is 2.19 bits per heavy atom. The molecular weight excluding hydrogens is 461 g/mol. The summed E-state index contributed by atoms with van der Waals surface area (Å²) in [6.45, 7) is 1.08. The van der Waals surface area contributed by atoms with E-state index in [1.54, 1.807) is 4.57 Å². The smallest absolute Gasteiger partial charge is 0.438 e. The maximum absolute atomic E-state index is 12.5. The largest absolute Gasteiger partial charge is 0.488 e. The van der Waals surface area contributed by atoms with E-state index in [0.29, 0.717) is 24.3 Å². The number of ether oxygens (including phenoxy) is 2. The minimum Gasteiger partial charge on any atom is -0.438 e. The molecule has 2 radical (unpaired) electrons. The number of nitrogens with one attached hydrogen (secondary N) is 1. The van der Waals surface area contributed by atoms with Crippen molar-refractivity contribution in [3.8, 4) is 0 Å². The number of unbranched alkanes of at least 4 members (excludes halogenated alkanes) is 3. The fourth-order valence-corrected chi connectivity index (χ4v) is 4.90. The molecule has 1 amide bonds. The summed E-state index contributed by atoms with van der Waals surface area (Å²) in [6, 6.07) is 0. The van der Waals surface area contributed by atoms with Crippen LogP contribution in [0.15, 0.2) is 12.7 Å². The number of nitrogens with zero attached hydrogens (tertiary/aromatic N) is 4. The first-order chi connectivity index (χ1) is 15.4. The second kappa shape index (κ2) is 10.1. The third kappa shape index (κ3) is 5.14. The van der Waals surface area contributed by atoms with Gasteiger partial charge < -0.3 is 20.5 Å². The van der Waals surface area contributed by atoms with Crippen LogP contribution in [0.1, 0.15) is 31.9 Å². The minimum atomic E-state index is -3.56. The van der Waals surface area contributed by atoms with Crippen molar-refractivity contribution in [1.82, 2.24) is 24.8 Å². The molecule has 2 saturated heterocycles. The third-order valence-corrected chi connectivity index (χ3v) is 6.55. The van der Waals surface area contributed by atoms with E-state index in [9.17, 15) is 9.69 Å². The molecule has 12 nitrogen and oxygen atoms in total. The summed E-state index contributed by atoms with van der Waals surface area (Å²) in [4.78, 5) is 35.0. The highest BCUT2D eigenvalue weighted by Gasteiger charge is 2.59. The minimum absolute atomic E-state index is 0.0209. The van der Waals surface area contributed by atoms with Gasteiger partial charge in [0.25, 0.3) is 0 Å². The highest BCUT2D eigenvalue weighted by Crippen LogP contribution is 2.59. The van der Waals surface area contributed by atoms with Crippen LogP contribution in [0.3, 0.4) is 0 Å². The molecule has 2 aromatic heterocycles. The molecule has 4 rings (SSSR count). The molecule has 4 N–H and O–H groups in total. The Bertz CT molecular complexity index is 953. The van der Waals surface area contributed by atoms with Crippen LogP contribution < -0.4 is 11.1 Å². The van der Waals surface area contributed by atoms with E-state index in [0.717, 1.165) is 25.7 Å². The average Bonchev–Trinajstić information content (AvgIpc) is 3.32. The van der Waals surface area contributed by atoms with Crippen LogP contribution in [0.2, 0.25) is 5.15 Å². The summed E-state index contributed by atoms with van der Waals surface area (Å²) in [7, 11) is 2.13. The highest BCUT2D eigenvalue weighted by atomic mass is 35.5. The molecule has 15 heteroatoms. The number of fused-ring (bicyclic) bond motifs is 2. The van der Waals surface area contributed by atoms with Gasteiger partial charge in [-0.1, -0.05) is 24.4 Å². The van der Waals surface area contributed by atoms with E-state index >= 15 is 0 Å². The lowest BCUT2D eigenvalue weighted by atomic mass is 10.1. The summed E-state index contributed by atoms with van der Waals surface area (Å²) in [5.74, 6) is 0. The number of carbonyl (C=O) groups excluding carboxylic acids is 1. The zero-order valence-corrected chi connectivity index (χ0v) is 18.8. The highest BCUT2D eigenvalue weighted by molar-refractivity contribution is 7.85. The van der Waals surface area contributed by atoms with Gasteiger partial charge >= 0.3 is 21.5 Å².